The lowest BCUT2D eigenvalue weighted by Gasteiger charge is -2.27. The summed E-state index contributed by atoms with van der Waals surface area (Å²) in [6, 6.07) is 4.83. The Kier molecular flexibility index (Phi) is 6.78. The maximum Gasteiger partial charge on any atom is 0.303 e. The molecule has 1 aromatic heterocycles. The first-order valence-electron chi connectivity index (χ1n) is 10.6. The van der Waals surface area contributed by atoms with Crippen LogP contribution in [0.15, 0.2) is 36.7 Å². The van der Waals surface area contributed by atoms with Crippen LogP contribution in [0.4, 0.5) is 10.1 Å². The molecule has 0 spiro atoms. The van der Waals surface area contributed by atoms with Gasteiger partial charge in [0.05, 0.1) is 18.8 Å². The van der Waals surface area contributed by atoms with Gasteiger partial charge in [-0.2, -0.15) is 0 Å². The van der Waals surface area contributed by atoms with Crippen LogP contribution in [0.1, 0.15) is 18.9 Å². The van der Waals surface area contributed by atoms with Gasteiger partial charge in [0.2, 0.25) is 0 Å². The summed E-state index contributed by atoms with van der Waals surface area (Å²) in [5.41, 5.74) is 1.79. The molecule has 2 aliphatic rings. The first-order valence-corrected chi connectivity index (χ1v) is 10.6. The molecule has 0 saturated carbocycles. The third kappa shape index (κ3) is 5.25. The Balaban J connectivity index is 1.42. The molecule has 0 radical (unpaired) electrons. The van der Waals surface area contributed by atoms with Crippen LogP contribution in [0, 0.1) is 5.82 Å². The molecule has 2 atom stereocenters. The Bertz CT molecular complexity index is 1060. The van der Waals surface area contributed by atoms with Crippen LogP contribution >= 0.6 is 0 Å². The van der Waals surface area contributed by atoms with Gasteiger partial charge < -0.3 is 19.3 Å². The lowest BCUT2D eigenvalue weighted by atomic mass is 9.98. The minimum atomic E-state index is -0.811. The van der Waals surface area contributed by atoms with Gasteiger partial charge in [0, 0.05) is 44.0 Å². The van der Waals surface area contributed by atoms with Crippen molar-refractivity contribution in [1.82, 2.24) is 19.9 Å². The number of hydrogen-bond acceptors (Lipinski definition) is 8. The Morgan fingerprint density at radius 2 is 2.21 bits per heavy atom. The molecule has 0 N–H and O–H groups in total. The van der Waals surface area contributed by atoms with Gasteiger partial charge in [-0.1, -0.05) is 11.3 Å². The fourth-order valence-electron chi connectivity index (χ4n) is 3.97. The van der Waals surface area contributed by atoms with Crippen LogP contribution in [0.2, 0.25) is 0 Å². The van der Waals surface area contributed by atoms with Crippen molar-refractivity contribution in [2.45, 2.75) is 32.2 Å². The standard InChI is InChI=1S/C22H24FN5O5/c1-15(30)32-14-21(31)26-7-4-16(5-8-26)19-3-2-17(10-20(19)23)28-12-18(33-22(28)13-29)11-27-9-6-24-25-27/h2-4,6,9-10,13,18,22H,5,7-8,11-12,14H2,1H3/t18-,22?/m0/s1. The Labute approximate surface area is 189 Å². The van der Waals surface area contributed by atoms with E-state index in [9.17, 15) is 14.4 Å². The summed E-state index contributed by atoms with van der Waals surface area (Å²) < 4.78 is 27.2. The number of amides is 1. The van der Waals surface area contributed by atoms with Crippen LogP contribution in [-0.4, -0.2) is 76.6 Å². The van der Waals surface area contributed by atoms with E-state index in [0.29, 0.717) is 50.1 Å². The molecular weight excluding hydrogens is 433 g/mol. The number of esters is 1. The predicted octanol–water partition coefficient (Wildman–Crippen LogP) is 1.03. The van der Waals surface area contributed by atoms with E-state index < -0.39 is 18.0 Å². The second kappa shape index (κ2) is 9.90. The van der Waals surface area contributed by atoms with E-state index in [4.69, 9.17) is 9.47 Å². The summed E-state index contributed by atoms with van der Waals surface area (Å²) in [6.45, 7) is 2.51. The minimum Gasteiger partial charge on any atom is -0.456 e. The van der Waals surface area contributed by atoms with Gasteiger partial charge in [0.25, 0.3) is 5.91 Å². The number of anilines is 1. The topological polar surface area (TPSA) is 107 Å². The zero-order valence-electron chi connectivity index (χ0n) is 18.1. The fourth-order valence-corrected chi connectivity index (χ4v) is 3.97. The average Bonchev–Trinajstić information content (AvgIpc) is 3.47. The van der Waals surface area contributed by atoms with Gasteiger partial charge in [-0.25, -0.2) is 9.07 Å². The molecule has 1 aromatic carbocycles. The lowest BCUT2D eigenvalue weighted by Crippen LogP contribution is -2.37. The number of carbonyl (C=O) groups excluding carboxylic acids is 3. The van der Waals surface area contributed by atoms with Gasteiger partial charge in [0.1, 0.15) is 5.82 Å². The summed E-state index contributed by atoms with van der Waals surface area (Å²) in [6.07, 6.45) is 5.14. The second-order valence-electron chi connectivity index (χ2n) is 7.83. The highest BCUT2D eigenvalue weighted by Crippen LogP contribution is 2.30. The molecule has 3 heterocycles. The van der Waals surface area contributed by atoms with Crippen LogP contribution < -0.4 is 4.90 Å². The number of nitrogens with zero attached hydrogens (tertiary/aromatic N) is 5. The van der Waals surface area contributed by atoms with E-state index in [1.807, 2.05) is 0 Å². The van der Waals surface area contributed by atoms with Gasteiger partial charge in [-0.3, -0.25) is 14.4 Å². The molecule has 11 heteroatoms. The Hall–Kier alpha value is -3.60. The van der Waals surface area contributed by atoms with E-state index in [1.165, 1.54) is 13.0 Å². The summed E-state index contributed by atoms with van der Waals surface area (Å²) in [7, 11) is 0. The molecule has 10 nitrogen and oxygen atoms in total. The van der Waals surface area contributed by atoms with Crippen LogP contribution in [0.25, 0.3) is 5.57 Å². The number of carbonyl (C=O) groups is 3. The van der Waals surface area contributed by atoms with E-state index in [1.54, 1.807) is 45.1 Å². The molecule has 1 amide bonds. The third-order valence-electron chi connectivity index (χ3n) is 5.61. The largest absolute Gasteiger partial charge is 0.456 e. The second-order valence-corrected chi connectivity index (χ2v) is 7.83. The molecule has 4 rings (SSSR count). The molecule has 33 heavy (non-hydrogen) atoms. The van der Waals surface area contributed by atoms with Crippen molar-refractivity contribution in [3.8, 4) is 0 Å². The van der Waals surface area contributed by atoms with E-state index in [-0.39, 0.29) is 18.6 Å². The lowest BCUT2D eigenvalue weighted by molar-refractivity contribution is -0.150. The minimum absolute atomic E-state index is 0.286. The predicted molar refractivity (Wildman–Crippen MR) is 114 cm³/mol. The highest BCUT2D eigenvalue weighted by atomic mass is 19.1. The number of hydrogen-bond donors (Lipinski definition) is 0. The molecule has 1 unspecified atom stereocenters. The highest BCUT2D eigenvalue weighted by molar-refractivity contribution is 5.81. The SMILES string of the molecule is CC(=O)OCC(=O)N1CC=C(c2ccc(N3C[C@H](Cn4ccnn4)OC3C=O)cc2F)CC1. The van der Waals surface area contributed by atoms with Crippen molar-refractivity contribution in [3.05, 3.63) is 48.0 Å². The number of rotatable bonds is 7. The molecule has 174 valence electrons. The van der Waals surface area contributed by atoms with Crippen LogP contribution in [-0.2, 0) is 30.4 Å². The van der Waals surface area contributed by atoms with E-state index in [2.05, 4.69) is 10.3 Å². The first-order chi connectivity index (χ1) is 15.9. The van der Waals surface area contributed by atoms with Gasteiger partial charge in [0.15, 0.2) is 19.1 Å². The van der Waals surface area contributed by atoms with Crippen molar-refractivity contribution in [1.29, 1.82) is 0 Å². The number of ether oxygens (including phenoxy) is 2. The van der Waals surface area contributed by atoms with Gasteiger partial charge >= 0.3 is 5.97 Å². The normalized spacial score (nSPS) is 20.5. The smallest absolute Gasteiger partial charge is 0.303 e. The molecule has 2 aliphatic heterocycles. The van der Waals surface area contributed by atoms with Crippen LogP contribution in [0.3, 0.4) is 0 Å². The summed E-state index contributed by atoms with van der Waals surface area (Å²) >= 11 is 0. The van der Waals surface area contributed by atoms with Crippen molar-refractivity contribution in [2.24, 2.45) is 0 Å². The summed E-state index contributed by atoms with van der Waals surface area (Å²) in [4.78, 5) is 37.8. The van der Waals surface area contributed by atoms with Gasteiger partial charge in [-0.05, 0) is 30.2 Å². The maximum atomic E-state index is 15.0. The number of aldehydes is 1. The molecule has 0 aliphatic carbocycles. The number of aromatic nitrogens is 3. The first kappa shape index (κ1) is 22.6. The number of halogens is 1. The van der Waals surface area contributed by atoms with Gasteiger partial charge in [-0.15, -0.1) is 5.10 Å². The van der Waals surface area contributed by atoms with E-state index >= 15 is 4.39 Å². The molecule has 1 fully saturated rings. The van der Waals surface area contributed by atoms with Crippen LogP contribution in [0.5, 0.6) is 0 Å². The third-order valence-corrected chi connectivity index (χ3v) is 5.61. The molecule has 0 bridgehead atoms. The Morgan fingerprint density at radius 3 is 2.85 bits per heavy atom. The maximum absolute atomic E-state index is 15.0. The monoisotopic (exact) mass is 457 g/mol. The summed E-state index contributed by atoms with van der Waals surface area (Å²) in [5, 5.41) is 7.66. The summed E-state index contributed by atoms with van der Waals surface area (Å²) in [5.74, 6) is -1.21. The molecule has 1 saturated heterocycles. The Morgan fingerprint density at radius 1 is 1.36 bits per heavy atom. The van der Waals surface area contributed by atoms with Crippen molar-refractivity contribution < 1.29 is 28.2 Å². The zero-order valence-corrected chi connectivity index (χ0v) is 18.1. The quantitative estimate of drug-likeness (QED) is 0.448. The van der Waals surface area contributed by atoms with E-state index in [0.717, 1.165) is 5.57 Å². The zero-order chi connectivity index (χ0) is 23.4. The van der Waals surface area contributed by atoms with Crippen molar-refractivity contribution >= 4 is 29.4 Å². The van der Waals surface area contributed by atoms with Crippen molar-refractivity contribution in [2.75, 3.05) is 31.1 Å². The number of benzene rings is 1. The fraction of sp³-hybridized carbons (Fsp3) is 0.409. The van der Waals surface area contributed by atoms with Crippen molar-refractivity contribution in [3.63, 3.8) is 0 Å². The molecule has 2 aromatic rings. The highest BCUT2D eigenvalue weighted by Gasteiger charge is 2.33. The molecular formula is C22H24FN5O5. The average molecular weight is 457 g/mol.